The Hall–Kier alpha value is -0.750. The van der Waals surface area contributed by atoms with E-state index in [4.69, 9.17) is 4.74 Å². The van der Waals surface area contributed by atoms with E-state index in [0.717, 1.165) is 4.47 Å². The number of morpholine rings is 1. The number of hydrogen-bond donors (Lipinski definition) is 1. The SMILES string of the molecule is CC1(C)CN(CC(=O)c2ccccc2Br)CC(CO)O1. The number of halogens is 1. The lowest BCUT2D eigenvalue weighted by molar-refractivity contribution is -0.146. The molecule has 20 heavy (non-hydrogen) atoms. The molecular weight excluding hydrogens is 322 g/mol. The van der Waals surface area contributed by atoms with Crippen LogP contribution < -0.4 is 0 Å². The van der Waals surface area contributed by atoms with Crippen molar-refractivity contribution in [2.24, 2.45) is 0 Å². The van der Waals surface area contributed by atoms with E-state index >= 15 is 0 Å². The number of benzene rings is 1. The minimum absolute atomic E-state index is 0.0247. The van der Waals surface area contributed by atoms with Crippen molar-refractivity contribution in [1.82, 2.24) is 4.90 Å². The first-order valence-corrected chi connectivity index (χ1v) is 7.49. The third kappa shape index (κ3) is 3.88. The average Bonchev–Trinajstić information content (AvgIpc) is 2.37. The number of hydrogen-bond acceptors (Lipinski definition) is 4. The maximum absolute atomic E-state index is 12.4. The Bertz CT molecular complexity index is 490. The highest BCUT2D eigenvalue weighted by molar-refractivity contribution is 9.10. The van der Waals surface area contributed by atoms with Crippen molar-refractivity contribution in [2.75, 3.05) is 26.2 Å². The van der Waals surface area contributed by atoms with E-state index in [-0.39, 0.29) is 24.1 Å². The highest BCUT2D eigenvalue weighted by Gasteiger charge is 2.33. The molecule has 5 heteroatoms. The number of aliphatic hydroxyl groups is 1. The van der Waals surface area contributed by atoms with Crippen LogP contribution in [-0.2, 0) is 4.74 Å². The van der Waals surface area contributed by atoms with Gasteiger partial charge in [0.1, 0.15) is 0 Å². The summed E-state index contributed by atoms with van der Waals surface area (Å²) in [7, 11) is 0. The van der Waals surface area contributed by atoms with Gasteiger partial charge >= 0.3 is 0 Å². The van der Waals surface area contributed by atoms with Crippen LogP contribution in [0, 0.1) is 0 Å². The molecule has 0 bridgehead atoms. The lowest BCUT2D eigenvalue weighted by Crippen LogP contribution is -2.54. The topological polar surface area (TPSA) is 49.8 Å². The molecule has 1 fully saturated rings. The van der Waals surface area contributed by atoms with Crippen molar-refractivity contribution < 1.29 is 14.6 Å². The molecule has 1 aliphatic heterocycles. The normalized spacial score (nSPS) is 22.7. The fraction of sp³-hybridized carbons (Fsp3) is 0.533. The largest absolute Gasteiger partial charge is 0.394 e. The van der Waals surface area contributed by atoms with Crippen LogP contribution in [0.1, 0.15) is 24.2 Å². The summed E-state index contributed by atoms with van der Waals surface area (Å²) in [4.78, 5) is 14.4. The smallest absolute Gasteiger partial charge is 0.177 e. The number of ether oxygens (including phenoxy) is 1. The zero-order valence-electron chi connectivity index (χ0n) is 11.8. The second kappa shape index (κ2) is 6.35. The number of Topliss-reactive ketones (excluding diaryl/α,β-unsaturated/α-hetero) is 1. The van der Waals surface area contributed by atoms with Gasteiger partial charge in [-0.15, -0.1) is 0 Å². The molecule has 4 nitrogen and oxygen atoms in total. The molecule has 0 aromatic heterocycles. The highest BCUT2D eigenvalue weighted by Crippen LogP contribution is 2.22. The summed E-state index contributed by atoms with van der Waals surface area (Å²) in [5, 5.41) is 9.29. The number of aliphatic hydroxyl groups excluding tert-OH is 1. The minimum atomic E-state index is -0.347. The lowest BCUT2D eigenvalue weighted by Gasteiger charge is -2.42. The van der Waals surface area contributed by atoms with Gasteiger partial charge in [-0.3, -0.25) is 9.69 Å². The Kier molecular flexibility index (Phi) is 4.96. The first-order chi connectivity index (χ1) is 9.41. The van der Waals surface area contributed by atoms with Crippen LogP contribution in [0.4, 0.5) is 0 Å². The third-order valence-corrected chi connectivity index (χ3v) is 3.99. The Morgan fingerprint density at radius 2 is 2.20 bits per heavy atom. The van der Waals surface area contributed by atoms with Crippen molar-refractivity contribution in [3.8, 4) is 0 Å². The summed E-state index contributed by atoms with van der Waals surface area (Å²) >= 11 is 3.41. The number of nitrogens with zero attached hydrogens (tertiary/aromatic N) is 1. The molecule has 1 aliphatic rings. The summed E-state index contributed by atoms with van der Waals surface area (Å²) in [6.07, 6.45) is -0.231. The van der Waals surface area contributed by atoms with E-state index in [9.17, 15) is 9.90 Å². The Balaban J connectivity index is 2.06. The van der Waals surface area contributed by atoms with E-state index in [1.165, 1.54) is 0 Å². The molecule has 2 rings (SSSR count). The predicted octanol–water partition coefficient (Wildman–Crippen LogP) is 2.10. The molecule has 0 aliphatic carbocycles. The van der Waals surface area contributed by atoms with E-state index in [1.807, 2.05) is 43.0 Å². The second-order valence-corrected chi connectivity index (χ2v) is 6.61. The van der Waals surface area contributed by atoms with Crippen molar-refractivity contribution in [3.63, 3.8) is 0 Å². The van der Waals surface area contributed by atoms with Crippen LogP contribution >= 0.6 is 15.9 Å². The van der Waals surface area contributed by atoms with Gasteiger partial charge in [-0.1, -0.05) is 34.1 Å². The van der Waals surface area contributed by atoms with Gasteiger partial charge in [0.15, 0.2) is 5.78 Å². The fourth-order valence-electron chi connectivity index (χ4n) is 2.61. The van der Waals surface area contributed by atoms with Crippen molar-refractivity contribution >= 4 is 21.7 Å². The van der Waals surface area contributed by atoms with Gasteiger partial charge in [-0.25, -0.2) is 0 Å². The lowest BCUT2D eigenvalue weighted by atomic mass is 10.0. The molecule has 0 radical (unpaired) electrons. The first kappa shape index (κ1) is 15.6. The van der Waals surface area contributed by atoms with Gasteiger partial charge in [-0.2, -0.15) is 0 Å². The molecule has 1 N–H and O–H groups in total. The monoisotopic (exact) mass is 341 g/mol. The van der Waals surface area contributed by atoms with Gasteiger partial charge in [0.2, 0.25) is 0 Å². The van der Waals surface area contributed by atoms with Crippen LogP contribution in [0.25, 0.3) is 0 Å². The predicted molar refractivity (Wildman–Crippen MR) is 81.0 cm³/mol. The van der Waals surface area contributed by atoms with Crippen molar-refractivity contribution in [2.45, 2.75) is 25.6 Å². The third-order valence-electron chi connectivity index (χ3n) is 3.30. The number of ketones is 1. The summed E-state index contributed by atoms with van der Waals surface area (Å²) in [6, 6.07) is 7.44. The van der Waals surface area contributed by atoms with Gasteiger partial charge in [0.25, 0.3) is 0 Å². The summed E-state index contributed by atoms with van der Waals surface area (Å²) in [6.45, 7) is 5.53. The van der Waals surface area contributed by atoms with E-state index in [0.29, 0.717) is 25.2 Å². The second-order valence-electron chi connectivity index (χ2n) is 5.75. The van der Waals surface area contributed by atoms with E-state index in [1.54, 1.807) is 0 Å². The molecule has 1 heterocycles. The zero-order valence-corrected chi connectivity index (χ0v) is 13.4. The molecule has 1 aromatic rings. The van der Waals surface area contributed by atoms with Crippen LogP contribution in [0.3, 0.4) is 0 Å². The molecule has 0 amide bonds. The van der Waals surface area contributed by atoms with Gasteiger partial charge in [-0.05, 0) is 19.9 Å². The Labute approximate surface area is 127 Å². The summed E-state index contributed by atoms with van der Waals surface area (Å²) < 4.78 is 6.57. The van der Waals surface area contributed by atoms with E-state index in [2.05, 4.69) is 15.9 Å². The van der Waals surface area contributed by atoms with Crippen LogP contribution in [0.2, 0.25) is 0 Å². The molecule has 1 unspecified atom stereocenters. The van der Waals surface area contributed by atoms with Gasteiger partial charge < -0.3 is 9.84 Å². The number of carbonyl (C=O) groups excluding carboxylic acids is 1. The standard InChI is InChI=1S/C15H20BrNO3/c1-15(2)10-17(7-11(9-18)20-15)8-14(19)12-5-3-4-6-13(12)16/h3-6,11,18H,7-10H2,1-2H3. The van der Waals surface area contributed by atoms with Crippen molar-refractivity contribution in [1.29, 1.82) is 0 Å². The fourth-order valence-corrected chi connectivity index (χ4v) is 3.11. The molecule has 0 saturated carbocycles. The summed E-state index contributed by atoms with van der Waals surface area (Å²) in [5.41, 5.74) is 0.345. The summed E-state index contributed by atoms with van der Waals surface area (Å²) in [5.74, 6) is 0.0758. The minimum Gasteiger partial charge on any atom is -0.394 e. The molecule has 0 spiro atoms. The van der Waals surface area contributed by atoms with E-state index < -0.39 is 0 Å². The zero-order chi connectivity index (χ0) is 14.8. The van der Waals surface area contributed by atoms with Crippen LogP contribution in [0.15, 0.2) is 28.7 Å². The molecule has 110 valence electrons. The van der Waals surface area contributed by atoms with Crippen molar-refractivity contribution in [3.05, 3.63) is 34.3 Å². The molecule has 1 aromatic carbocycles. The van der Waals surface area contributed by atoms with Gasteiger partial charge in [0.05, 0.1) is 24.9 Å². The molecule has 1 saturated heterocycles. The van der Waals surface area contributed by atoms with Crippen LogP contribution in [-0.4, -0.2) is 53.7 Å². The Morgan fingerprint density at radius 1 is 1.50 bits per heavy atom. The highest BCUT2D eigenvalue weighted by atomic mass is 79.9. The van der Waals surface area contributed by atoms with Gasteiger partial charge in [0, 0.05) is 23.1 Å². The number of rotatable bonds is 4. The Morgan fingerprint density at radius 3 is 2.85 bits per heavy atom. The quantitative estimate of drug-likeness (QED) is 0.852. The molecular formula is C15H20BrNO3. The molecule has 1 atom stereocenters. The van der Waals surface area contributed by atoms with Crippen LogP contribution in [0.5, 0.6) is 0 Å². The maximum atomic E-state index is 12.4. The average molecular weight is 342 g/mol. The maximum Gasteiger partial charge on any atom is 0.177 e. The number of carbonyl (C=O) groups is 1. The first-order valence-electron chi connectivity index (χ1n) is 6.70.